The highest BCUT2D eigenvalue weighted by Gasteiger charge is 2.28. The number of nitrogens with two attached hydrogens (primary N) is 1. The van der Waals surface area contributed by atoms with Crippen molar-refractivity contribution in [2.75, 3.05) is 31.2 Å². The van der Waals surface area contributed by atoms with Gasteiger partial charge in [0.2, 0.25) is 0 Å². The van der Waals surface area contributed by atoms with Crippen LogP contribution in [0.5, 0.6) is 0 Å². The SMILES string of the molecule is NCCCN(C(=O)COCC(F)(F)F)c1ccc(F)cc1. The Hall–Kier alpha value is -1.67. The Balaban J connectivity index is 2.68. The van der Waals surface area contributed by atoms with Gasteiger partial charge in [-0.2, -0.15) is 13.2 Å². The summed E-state index contributed by atoms with van der Waals surface area (Å²) in [4.78, 5) is 13.1. The van der Waals surface area contributed by atoms with Crippen LogP contribution in [0.2, 0.25) is 0 Å². The van der Waals surface area contributed by atoms with Crippen LogP contribution in [0.15, 0.2) is 24.3 Å². The lowest BCUT2D eigenvalue weighted by Crippen LogP contribution is -2.36. The molecule has 0 saturated heterocycles. The van der Waals surface area contributed by atoms with Crippen molar-refractivity contribution in [2.45, 2.75) is 12.6 Å². The van der Waals surface area contributed by atoms with Gasteiger partial charge in [0.1, 0.15) is 19.0 Å². The first-order valence-corrected chi connectivity index (χ1v) is 6.24. The van der Waals surface area contributed by atoms with Crippen molar-refractivity contribution < 1.29 is 27.1 Å². The van der Waals surface area contributed by atoms with Gasteiger partial charge < -0.3 is 15.4 Å². The number of rotatable bonds is 7. The third-order valence-electron chi connectivity index (χ3n) is 2.52. The average Bonchev–Trinajstić information content (AvgIpc) is 2.39. The van der Waals surface area contributed by atoms with Gasteiger partial charge in [0.25, 0.3) is 5.91 Å². The average molecular weight is 308 g/mol. The molecule has 0 spiro atoms. The predicted molar refractivity (Wildman–Crippen MR) is 69.3 cm³/mol. The Kier molecular flexibility index (Phi) is 6.57. The molecule has 0 bridgehead atoms. The van der Waals surface area contributed by atoms with Crippen LogP contribution in [0.3, 0.4) is 0 Å². The van der Waals surface area contributed by atoms with Crippen molar-refractivity contribution in [1.82, 2.24) is 0 Å². The summed E-state index contributed by atoms with van der Waals surface area (Å²) in [6, 6.07) is 5.06. The lowest BCUT2D eigenvalue weighted by atomic mass is 10.2. The van der Waals surface area contributed by atoms with E-state index in [2.05, 4.69) is 4.74 Å². The molecular weight excluding hydrogens is 292 g/mol. The van der Waals surface area contributed by atoms with E-state index in [0.29, 0.717) is 18.7 Å². The molecule has 1 aromatic rings. The minimum atomic E-state index is -4.49. The highest BCUT2D eigenvalue weighted by atomic mass is 19.4. The molecule has 1 rings (SSSR count). The number of amides is 1. The zero-order chi connectivity index (χ0) is 15.9. The molecule has 0 unspecified atom stereocenters. The molecule has 0 radical (unpaired) electrons. The first-order valence-electron chi connectivity index (χ1n) is 6.24. The number of nitrogens with zero attached hydrogens (tertiary/aromatic N) is 1. The van der Waals surface area contributed by atoms with Crippen LogP contribution < -0.4 is 10.6 Å². The Labute approximate surface area is 119 Å². The topological polar surface area (TPSA) is 55.6 Å². The molecule has 0 saturated carbocycles. The van der Waals surface area contributed by atoms with E-state index < -0.39 is 31.1 Å². The molecule has 0 aromatic heterocycles. The zero-order valence-electron chi connectivity index (χ0n) is 11.2. The summed E-state index contributed by atoms with van der Waals surface area (Å²) in [5.41, 5.74) is 5.74. The van der Waals surface area contributed by atoms with Crippen LogP contribution in [0.4, 0.5) is 23.2 Å². The van der Waals surface area contributed by atoms with E-state index in [1.165, 1.54) is 17.0 Å². The smallest absolute Gasteiger partial charge is 0.362 e. The summed E-state index contributed by atoms with van der Waals surface area (Å²) in [5, 5.41) is 0. The molecule has 1 aromatic carbocycles. The standard InChI is InChI=1S/C13H16F4N2O2/c14-10-2-4-11(5-3-10)19(7-1-6-18)12(20)8-21-9-13(15,16)17/h2-5H,1,6-9,18H2. The number of alkyl halides is 3. The van der Waals surface area contributed by atoms with Crippen molar-refractivity contribution in [3.8, 4) is 0 Å². The molecule has 21 heavy (non-hydrogen) atoms. The van der Waals surface area contributed by atoms with Crippen molar-refractivity contribution in [1.29, 1.82) is 0 Å². The zero-order valence-corrected chi connectivity index (χ0v) is 11.2. The van der Waals surface area contributed by atoms with Crippen molar-refractivity contribution >= 4 is 11.6 Å². The Morgan fingerprint density at radius 1 is 1.24 bits per heavy atom. The maximum Gasteiger partial charge on any atom is 0.411 e. The van der Waals surface area contributed by atoms with Gasteiger partial charge in [0, 0.05) is 12.2 Å². The first kappa shape index (κ1) is 17.4. The maximum absolute atomic E-state index is 12.9. The van der Waals surface area contributed by atoms with Crippen LogP contribution in [-0.4, -0.2) is 38.4 Å². The molecule has 118 valence electrons. The predicted octanol–water partition coefficient (Wildman–Crippen LogP) is 2.09. The molecule has 2 N–H and O–H groups in total. The van der Waals surface area contributed by atoms with Gasteiger partial charge in [-0.3, -0.25) is 4.79 Å². The fourth-order valence-electron chi connectivity index (χ4n) is 1.60. The Bertz CT molecular complexity index is 448. The lowest BCUT2D eigenvalue weighted by Gasteiger charge is -2.22. The van der Waals surface area contributed by atoms with Crippen molar-refractivity contribution in [3.63, 3.8) is 0 Å². The minimum Gasteiger partial charge on any atom is -0.362 e. The summed E-state index contributed by atoms with van der Waals surface area (Å²) < 4.78 is 53.1. The second-order valence-electron chi connectivity index (χ2n) is 4.27. The summed E-state index contributed by atoms with van der Waals surface area (Å²) in [7, 11) is 0. The number of hydrogen-bond donors (Lipinski definition) is 1. The number of anilines is 1. The third kappa shape index (κ3) is 6.54. The monoisotopic (exact) mass is 308 g/mol. The van der Waals surface area contributed by atoms with E-state index in [1.54, 1.807) is 0 Å². The number of carbonyl (C=O) groups is 1. The second kappa shape index (κ2) is 7.94. The first-order chi connectivity index (χ1) is 9.83. The number of halogens is 4. The van der Waals surface area contributed by atoms with E-state index in [-0.39, 0.29) is 6.54 Å². The van der Waals surface area contributed by atoms with Gasteiger partial charge in [-0.25, -0.2) is 4.39 Å². The van der Waals surface area contributed by atoms with Gasteiger partial charge in [-0.1, -0.05) is 0 Å². The quantitative estimate of drug-likeness (QED) is 0.785. The molecule has 0 heterocycles. The molecule has 1 amide bonds. The summed E-state index contributed by atoms with van der Waals surface area (Å²) >= 11 is 0. The molecule has 0 aliphatic rings. The number of ether oxygens (including phenoxy) is 1. The van der Waals surface area contributed by atoms with Crippen LogP contribution >= 0.6 is 0 Å². The Morgan fingerprint density at radius 3 is 2.38 bits per heavy atom. The van der Waals surface area contributed by atoms with Crippen molar-refractivity contribution in [2.24, 2.45) is 5.73 Å². The number of benzene rings is 1. The van der Waals surface area contributed by atoms with Crippen LogP contribution in [-0.2, 0) is 9.53 Å². The third-order valence-corrected chi connectivity index (χ3v) is 2.52. The summed E-state index contributed by atoms with van der Waals surface area (Å²) in [5.74, 6) is -1.11. The van der Waals surface area contributed by atoms with Crippen LogP contribution in [0, 0.1) is 5.82 Å². The van der Waals surface area contributed by atoms with Gasteiger partial charge in [-0.05, 0) is 37.2 Å². The molecule has 8 heteroatoms. The normalized spacial score (nSPS) is 11.5. The fourth-order valence-corrected chi connectivity index (χ4v) is 1.60. The minimum absolute atomic E-state index is 0.219. The number of carbonyl (C=O) groups excluding carboxylic acids is 1. The van der Waals surface area contributed by atoms with E-state index in [0.717, 1.165) is 12.1 Å². The highest BCUT2D eigenvalue weighted by molar-refractivity contribution is 5.94. The van der Waals surface area contributed by atoms with E-state index in [9.17, 15) is 22.4 Å². The molecule has 4 nitrogen and oxygen atoms in total. The lowest BCUT2D eigenvalue weighted by molar-refractivity contribution is -0.175. The molecule has 0 atom stereocenters. The summed E-state index contributed by atoms with van der Waals surface area (Å²) in [6.45, 7) is -1.67. The maximum atomic E-state index is 12.9. The van der Waals surface area contributed by atoms with Gasteiger partial charge >= 0.3 is 6.18 Å². The van der Waals surface area contributed by atoms with E-state index >= 15 is 0 Å². The number of hydrogen-bond acceptors (Lipinski definition) is 3. The van der Waals surface area contributed by atoms with Gasteiger partial charge in [0.05, 0.1) is 0 Å². The molecular formula is C13H16F4N2O2. The largest absolute Gasteiger partial charge is 0.411 e. The highest BCUT2D eigenvalue weighted by Crippen LogP contribution is 2.17. The molecule has 0 aliphatic carbocycles. The second-order valence-corrected chi connectivity index (χ2v) is 4.27. The fraction of sp³-hybridized carbons (Fsp3) is 0.462. The summed E-state index contributed by atoms with van der Waals surface area (Å²) in [6.07, 6.45) is -4.03. The van der Waals surface area contributed by atoms with E-state index in [4.69, 9.17) is 5.73 Å². The van der Waals surface area contributed by atoms with Crippen molar-refractivity contribution in [3.05, 3.63) is 30.1 Å². The Morgan fingerprint density at radius 2 is 1.86 bits per heavy atom. The molecule has 0 fully saturated rings. The van der Waals surface area contributed by atoms with Crippen LogP contribution in [0.25, 0.3) is 0 Å². The van der Waals surface area contributed by atoms with Crippen LogP contribution in [0.1, 0.15) is 6.42 Å². The molecule has 0 aliphatic heterocycles. The van der Waals surface area contributed by atoms with Gasteiger partial charge in [-0.15, -0.1) is 0 Å². The van der Waals surface area contributed by atoms with Gasteiger partial charge in [0.15, 0.2) is 0 Å². The van der Waals surface area contributed by atoms with E-state index in [1.807, 2.05) is 0 Å².